The molecule has 2 aromatic carbocycles. The van der Waals surface area contributed by atoms with Crippen LogP contribution in [0.4, 0.5) is 36.1 Å². The number of anilines is 3. The van der Waals surface area contributed by atoms with Crippen LogP contribution in [-0.4, -0.2) is 77.7 Å². The molecular formula is C32H37F3N8O2. The zero-order chi connectivity index (χ0) is 32.1. The Morgan fingerprint density at radius 3 is 2.44 bits per heavy atom. The number of nitrogens with one attached hydrogen (secondary N) is 2. The molecule has 238 valence electrons. The largest absolute Gasteiger partial charge is 0.496 e. The Labute approximate surface area is 260 Å². The maximum absolute atomic E-state index is 13.5. The lowest BCUT2D eigenvalue weighted by Crippen LogP contribution is -2.45. The van der Waals surface area contributed by atoms with Crippen LogP contribution in [0.1, 0.15) is 52.9 Å². The molecule has 1 aromatic heterocycles. The van der Waals surface area contributed by atoms with Gasteiger partial charge in [0, 0.05) is 36.1 Å². The summed E-state index contributed by atoms with van der Waals surface area (Å²) in [6, 6.07) is 8.90. The van der Waals surface area contributed by atoms with Crippen LogP contribution < -0.4 is 15.4 Å². The first-order valence-corrected chi connectivity index (χ1v) is 14.9. The van der Waals surface area contributed by atoms with Gasteiger partial charge in [-0.3, -0.25) is 4.79 Å². The fourth-order valence-electron chi connectivity index (χ4n) is 5.77. The van der Waals surface area contributed by atoms with Crippen molar-refractivity contribution in [1.82, 2.24) is 19.8 Å². The number of hydrogen-bond donors (Lipinski definition) is 2. The molecule has 1 amide bonds. The number of aryl methyl sites for hydroxylation is 2. The van der Waals surface area contributed by atoms with Crippen LogP contribution in [0.15, 0.2) is 52.7 Å². The minimum atomic E-state index is -4.64. The van der Waals surface area contributed by atoms with E-state index in [1.54, 1.807) is 18.2 Å². The number of likely N-dealkylation sites (tertiary alicyclic amines) is 2. The molecule has 5 rings (SSSR count). The number of hydrogen-bond acceptors (Lipinski definition) is 7. The van der Waals surface area contributed by atoms with Gasteiger partial charge >= 0.3 is 6.18 Å². The van der Waals surface area contributed by atoms with E-state index >= 15 is 0 Å². The minimum Gasteiger partial charge on any atom is -0.496 e. The number of ether oxygens (including phenoxy) is 1. The Balaban J connectivity index is 1.35. The number of benzene rings is 2. The molecule has 10 nitrogen and oxygen atoms in total. The van der Waals surface area contributed by atoms with Crippen molar-refractivity contribution in [2.24, 2.45) is 9.98 Å². The number of carbonyl (C=O) groups excluding carboxylic acids is 1. The van der Waals surface area contributed by atoms with E-state index in [0.29, 0.717) is 34.9 Å². The lowest BCUT2D eigenvalue weighted by molar-refractivity contribution is -0.138. The number of nitrogens with zero attached hydrogens (tertiary/aromatic N) is 6. The third-order valence-corrected chi connectivity index (χ3v) is 8.28. The number of halogens is 3. The fraction of sp³-hybridized carbons (Fsp3) is 0.406. The van der Waals surface area contributed by atoms with Crippen molar-refractivity contribution in [2.45, 2.75) is 51.7 Å². The van der Waals surface area contributed by atoms with Crippen molar-refractivity contribution in [1.29, 1.82) is 0 Å². The van der Waals surface area contributed by atoms with Gasteiger partial charge in [0.1, 0.15) is 17.8 Å². The van der Waals surface area contributed by atoms with Crippen LogP contribution in [0.25, 0.3) is 0 Å². The van der Waals surface area contributed by atoms with Gasteiger partial charge in [-0.05, 0) is 95.2 Å². The predicted octanol–water partition coefficient (Wildman–Crippen LogP) is 6.37. The van der Waals surface area contributed by atoms with Crippen molar-refractivity contribution in [3.05, 3.63) is 65.1 Å². The van der Waals surface area contributed by atoms with Crippen LogP contribution in [0.2, 0.25) is 0 Å². The summed E-state index contributed by atoms with van der Waals surface area (Å²) in [4.78, 5) is 35.7. The summed E-state index contributed by atoms with van der Waals surface area (Å²) in [7, 11) is 1.16. The van der Waals surface area contributed by atoms with E-state index in [0.717, 1.165) is 44.7 Å². The zero-order valence-corrected chi connectivity index (χ0v) is 25.6. The van der Waals surface area contributed by atoms with Gasteiger partial charge in [0.15, 0.2) is 5.82 Å². The van der Waals surface area contributed by atoms with Crippen molar-refractivity contribution < 1.29 is 22.7 Å². The van der Waals surface area contributed by atoms with E-state index in [-0.39, 0.29) is 17.0 Å². The summed E-state index contributed by atoms with van der Waals surface area (Å²) in [6.07, 6.45) is 1.38. The average molecular weight is 623 g/mol. The normalized spacial score (nSPS) is 16.5. The van der Waals surface area contributed by atoms with Crippen LogP contribution in [-0.2, 0) is 6.18 Å². The van der Waals surface area contributed by atoms with Gasteiger partial charge in [-0.2, -0.15) is 13.2 Å². The monoisotopic (exact) mass is 622 g/mol. The molecule has 13 heteroatoms. The maximum Gasteiger partial charge on any atom is 0.420 e. The van der Waals surface area contributed by atoms with Gasteiger partial charge < -0.3 is 25.2 Å². The molecule has 2 aliphatic heterocycles. The first-order valence-electron chi connectivity index (χ1n) is 14.9. The van der Waals surface area contributed by atoms with Crippen LogP contribution >= 0.6 is 0 Å². The number of alkyl halides is 3. The van der Waals surface area contributed by atoms with Gasteiger partial charge in [0.25, 0.3) is 5.91 Å². The molecule has 0 unspecified atom stereocenters. The van der Waals surface area contributed by atoms with Gasteiger partial charge in [-0.25, -0.2) is 20.0 Å². The summed E-state index contributed by atoms with van der Waals surface area (Å²) >= 11 is 0. The Bertz CT molecular complexity index is 1580. The summed E-state index contributed by atoms with van der Waals surface area (Å²) in [6.45, 7) is 11.4. The number of piperidine rings is 1. The van der Waals surface area contributed by atoms with Crippen molar-refractivity contribution >= 4 is 41.5 Å². The third-order valence-electron chi connectivity index (χ3n) is 8.28. The lowest BCUT2D eigenvalue weighted by Gasteiger charge is -2.37. The average Bonchev–Trinajstić information content (AvgIpc) is 3.57. The van der Waals surface area contributed by atoms with Gasteiger partial charge in [-0.1, -0.05) is 6.07 Å². The Hall–Kier alpha value is -4.52. The maximum atomic E-state index is 13.5. The third kappa shape index (κ3) is 7.42. The molecule has 2 saturated heterocycles. The van der Waals surface area contributed by atoms with E-state index in [4.69, 9.17) is 9.73 Å². The second-order valence-corrected chi connectivity index (χ2v) is 11.2. The fourth-order valence-corrected chi connectivity index (χ4v) is 5.77. The molecule has 2 aliphatic rings. The minimum absolute atomic E-state index is 0.0137. The van der Waals surface area contributed by atoms with Gasteiger partial charge in [0.05, 0.1) is 18.4 Å². The Morgan fingerprint density at radius 1 is 1.04 bits per heavy atom. The molecule has 45 heavy (non-hydrogen) atoms. The second-order valence-electron chi connectivity index (χ2n) is 11.2. The number of methoxy groups -OCH3 is 1. The highest BCUT2D eigenvalue weighted by atomic mass is 19.4. The number of amides is 1. The summed E-state index contributed by atoms with van der Waals surface area (Å²) in [5.74, 6) is 0.00542. The molecule has 0 radical (unpaired) electrons. The highest BCUT2D eigenvalue weighted by Crippen LogP contribution is 2.38. The zero-order valence-electron chi connectivity index (χ0n) is 25.6. The topological polar surface area (TPSA) is 107 Å². The lowest BCUT2D eigenvalue weighted by atomic mass is 10.0. The Kier molecular flexibility index (Phi) is 9.66. The summed E-state index contributed by atoms with van der Waals surface area (Å²) in [5.41, 5.74) is 1.75. The molecule has 0 saturated carbocycles. The SMILES string of the molecule is C=NC(=Nc1c(C)ncnc1Nc1cc(C(=O)Nc2ccc(OC)c(C(F)(F)F)c2)ccc1C)N1CCC(N2CCCC2)CC1. The van der Waals surface area contributed by atoms with Crippen LogP contribution in [0.3, 0.4) is 0 Å². The standard InChI is InChI=1S/C32H37F3N8O2/c1-20-7-8-22(30(44)39-23-9-10-27(45-4)25(18-23)32(33,34)35)17-26(20)40-29-28(21(2)37-19-38-29)41-31(36-3)43-15-11-24(12-16-43)42-13-5-6-14-42/h7-10,17-19,24H,3,5-6,11-16H2,1-2,4H3,(H,39,44)(H,37,38,40). The van der Waals surface area contributed by atoms with E-state index in [2.05, 4.69) is 42.1 Å². The summed E-state index contributed by atoms with van der Waals surface area (Å²) in [5, 5.41) is 5.82. The molecular weight excluding hydrogens is 585 g/mol. The first-order chi connectivity index (χ1) is 21.6. The number of aromatic nitrogens is 2. The molecule has 3 heterocycles. The van der Waals surface area contributed by atoms with E-state index in [1.807, 2.05) is 13.8 Å². The van der Waals surface area contributed by atoms with Gasteiger partial charge in [-0.15, -0.1) is 0 Å². The van der Waals surface area contributed by atoms with E-state index in [1.165, 1.54) is 44.4 Å². The predicted molar refractivity (Wildman–Crippen MR) is 169 cm³/mol. The molecule has 0 atom stereocenters. The molecule has 0 spiro atoms. The molecule has 0 bridgehead atoms. The molecule has 3 aromatic rings. The van der Waals surface area contributed by atoms with Crippen molar-refractivity contribution in [3.63, 3.8) is 0 Å². The van der Waals surface area contributed by atoms with Crippen LogP contribution in [0.5, 0.6) is 5.75 Å². The molecule has 2 N–H and O–H groups in total. The number of guanidine groups is 1. The molecule has 0 aliphatic carbocycles. The highest BCUT2D eigenvalue weighted by molar-refractivity contribution is 6.05. The van der Waals surface area contributed by atoms with Crippen LogP contribution in [0, 0.1) is 13.8 Å². The van der Waals surface area contributed by atoms with Crippen molar-refractivity contribution in [2.75, 3.05) is 43.9 Å². The number of carbonyl (C=O) groups is 1. The van der Waals surface area contributed by atoms with E-state index < -0.39 is 17.6 Å². The highest BCUT2D eigenvalue weighted by Gasteiger charge is 2.35. The van der Waals surface area contributed by atoms with Crippen molar-refractivity contribution in [3.8, 4) is 5.75 Å². The Morgan fingerprint density at radius 2 is 1.78 bits per heavy atom. The molecule has 2 fully saturated rings. The first kappa shape index (κ1) is 31.9. The number of aliphatic imine (C=N–C) groups is 2. The summed E-state index contributed by atoms with van der Waals surface area (Å²) < 4.78 is 45.3. The number of rotatable bonds is 7. The quantitative estimate of drug-likeness (QED) is 0.233. The van der Waals surface area contributed by atoms with E-state index in [9.17, 15) is 18.0 Å². The second kappa shape index (κ2) is 13.6. The smallest absolute Gasteiger partial charge is 0.420 e. The van der Waals surface area contributed by atoms with Gasteiger partial charge in [0.2, 0.25) is 5.96 Å².